The topological polar surface area (TPSA) is 84.9 Å². The Morgan fingerprint density at radius 3 is 2.44 bits per heavy atom. The highest BCUT2D eigenvalue weighted by Crippen LogP contribution is 2.34. The van der Waals surface area contributed by atoms with Crippen molar-refractivity contribution in [3.8, 4) is 11.5 Å². The zero-order valence-electron chi connectivity index (χ0n) is 17.8. The number of carbonyl (C=O) groups excluding carboxylic acids is 1. The lowest BCUT2D eigenvalue weighted by Gasteiger charge is -2.26. The molecule has 1 aliphatic heterocycles. The molecule has 0 aliphatic carbocycles. The molecule has 1 fully saturated rings. The van der Waals surface area contributed by atoms with E-state index in [0.29, 0.717) is 43.4 Å². The lowest BCUT2D eigenvalue weighted by atomic mass is 10.2. The zero-order chi connectivity index (χ0) is 22.7. The van der Waals surface area contributed by atoms with E-state index in [1.807, 2.05) is 38.1 Å². The highest BCUT2D eigenvalue weighted by molar-refractivity contribution is 7.89. The Hall–Kier alpha value is -2.72. The number of anilines is 1. The number of sulfonamides is 1. The monoisotopic (exact) mass is 472 g/mol. The molecule has 1 N–H and O–H groups in total. The fourth-order valence-electron chi connectivity index (χ4n) is 3.45. The van der Waals surface area contributed by atoms with Crippen LogP contribution in [0.4, 0.5) is 5.69 Å². The summed E-state index contributed by atoms with van der Waals surface area (Å²) in [5, 5.41) is 2.85. The Morgan fingerprint density at radius 2 is 1.78 bits per heavy atom. The van der Waals surface area contributed by atoms with Gasteiger partial charge >= 0.3 is 0 Å². The largest absolute Gasteiger partial charge is 0.455 e. The molecule has 32 heavy (non-hydrogen) atoms. The summed E-state index contributed by atoms with van der Waals surface area (Å²) in [6.07, 6.45) is 0. The summed E-state index contributed by atoms with van der Waals surface area (Å²) in [7, 11) is -3.73. The van der Waals surface area contributed by atoms with Crippen molar-refractivity contribution in [3.63, 3.8) is 0 Å². The van der Waals surface area contributed by atoms with Crippen LogP contribution in [0.3, 0.4) is 0 Å². The fraction of sp³-hybridized carbons (Fsp3) is 0.261. The van der Waals surface area contributed by atoms with E-state index in [1.54, 1.807) is 18.2 Å². The van der Waals surface area contributed by atoms with Crippen LogP contribution >= 0.6 is 11.3 Å². The molecule has 3 aromatic rings. The van der Waals surface area contributed by atoms with Crippen LogP contribution in [0.1, 0.15) is 20.1 Å². The van der Waals surface area contributed by atoms with Crippen LogP contribution in [0.2, 0.25) is 0 Å². The van der Waals surface area contributed by atoms with Crippen molar-refractivity contribution >= 4 is 33.0 Å². The van der Waals surface area contributed by atoms with E-state index in [1.165, 1.54) is 27.8 Å². The van der Waals surface area contributed by atoms with Crippen molar-refractivity contribution in [3.05, 3.63) is 69.9 Å². The lowest BCUT2D eigenvalue weighted by molar-refractivity contribution is 0.0730. The van der Waals surface area contributed by atoms with Crippen LogP contribution in [-0.2, 0) is 14.8 Å². The van der Waals surface area contributed by atoms with E-state index in [4.69, 9.17) is 9.47 Å². The molecule has 1 aliphatic rings. The maximum atomic E-state index is 13.1. The van der Waals surface area contributed by atoms with E-state index in [9.17, 15) is 13.2 Å². The summed E-state index contributed by atoms with van der Waals surface area (Å²) in [5.74, 6) is 0.620. The number of morpholine rings is 1. The third-order valence-corrected chi connectivity index (χ3v) is 7.92. The minimum Gasteiger partial charge on any atom is -0.455 e. The first-order valence-electron chi connectivity index (χ1n) is 10.2. The molecule has 1 saturated heterocycles. The number of aryl methyl sites for hydroxylation is 2. The van der Waals surface area contributed by atoms with Crippen molar-refractivity contribution in [2.45, 2.75) is 18.7 Å². The second-order valence-corrected chi connectivity index (χ2v) is 10.8. The van der Waals surface area contributed by atoms with Crippen molar-refractivity contribution < 1.29 is 22.7 Å². The minimum atomic E-state index is -3.73. The average Bonchev–Trinajstić information content (AvgIpc) is 3.14. The molecule has 7 nitrogen and oxygen atoms in total. The van der Waals surface area contributed by atoms with Crippen molar-refractivity contribution in [1.82, 2.24) is 4.31 Å². The molecule has 4 rings (SSSR count). The summed E-state index contributed by atoms with van der Waals surface area (Å²) < 4.78 is 38.9. The Labute approximate surface area is 191 Å². The first-order valence-corrected chi connectivity index (χ1v) is 12.4. The molecule has 9 heteroatoms. The molecule has 1 aromatic heterocycles. The molecule has 2 aromatic carbocycles. The summed E-state index contributed by atoms with van der Waals surface area (Å²) in [4.78, 5) is 15.0. The molecule has 0 radical (unpaired) electrons. The summed E-state index contributed by atoms with van der Waals surface area (Å²) in [5.41, 5.74) is 0.844. The molecule has 0 spiro atoms. The van der Waals surface area contributed by atoms with E-state index in [0.717, 1.165) is 9.75 Å². The van der Waals surface area contributed by atoms with Gasteiger partial charge < -0.3 is 14.8 Å². The molecular weight excluding hydrogens is 448 g/mol. The average molecular weight is 473 g/mol. The Balaban J connectivity index is 1.70. The molecule has 168 valence electrons. The van der Waals surface area contributed by atoms with Gasteiger partial charge in [0.1, 0.15) is 5.75 Å². The van der Waals surface area contributed by atoms with Gasteiger partial charge in [-0.15, -0.1) is 11.3 Å². The minimum absolute atomic E-state index is 0.0910. The number of thiophene rings is 1. The number of benzene rings is 2. The summed E-state index contributed by atoms with van der Waals surface area (Å²) in [6.45, 7) is 5.12. The predicted octanol–water partition coefficient (Wildman–Crippen LogP) is 4.43. The van der Waals surface area contributed by atoms with Gasteiger partial charge in [0.05, 0.1) is 29.4 Å². The van der Waals surface area contributed by atoms with Crippen LogP contribution in [0, 0.1) is 13.8 Å². The van der Waals surface area contributed by atoms with Gasteiger partial charge in [0.25, 0.3) is 5.91 Å². The van der Waals surface area contributed by atoms with Gasteiger partial charge in [-0.05, 0) is 50.2 Å². The maximum Gasteiger partial charge on any atom is 0.256 e. The number of ether oxygens (including phenoxy) is 2. The third-order valence-electron chi connectivity index (χ3n) is 5.06. The maximum absolute atomic E-state index is 13.1. The van der Waals surface area contributed by atoms with Gasteiger partial charge in [-0.2, -0.15) is 4.31 Å². The summed E-state index contributed by atoms with van der Waals surface area (Å²) >= 11 is 1.53. The van der Waals surface area contributed by atoms with Crippen LogP contribution in [0.15, 0.2) is 59.5 Å². The van der Waals surface area contributed by atoms with Crippen molar-refractivity contribution in [2.24, 2.45) is 0 Å². The van der Waals surface area contributed by atoms with Crippen LogP contribution < -0.4 is 10.1 Å². The number of hydrogen-bond acceptors (Lipinski definition) is 6. The first kappa shape index (κ1) is 22.5. The second kappa shape index (κ2) is 9.41. The number of para-hydroxylation sites is 1. The van der Waals surface area contributed by atoms with Gasteiger partial charge in [0, 0.05) is 22.8 Å². The third kappa shape index (κ3) is 4.86. The van der Waals surface area contributed by atoms with E-state index in [-0.39, 0.29) is 16.5 Å². The quantitative estimate of drug-likeness (QED) is 0.574. The Bertz CT molecular complexity index is 1220. The number of nitrogens with one attached hydrogen (secondary N) is 1. The SMILES string of the molecule is Cc1cc(C(=O)Nc2cc(S(=O)(=O)N3CCOCC3)ccc2Oc2ccccc2)c(C)s1. The second-order valence-electron chi connectivity index (χ2n) is 7.37. The fourth-order valence-corrected chi connectivity index (χ4v) is 5.81. The first-order chi connectivity index (χ1) is 15.3. The number of amides is 1. The molecule has 0 saturated carbocycles. The van der Waals surface area contributed by atoms with E-state index < -0.39 is 10.0 Å². The summed E-state index contributed by atoms with van der Waals surface area (Å²) in [6, 6.07) is 15.5. The van der Waals surface area contributed by atoms with Gasteiger partial charge in [-0.1, -0.05) is 18.2 Å². The predicted molar refractivity (Wildman–Crippen MR) is 124 cm³/mol. The zero-order valence-corrected chi connectivity index (χ0v) is 19.5. The van der Waals surface area contributed by atoms with E-state index >= 15 is 0 Å². The standard InChI is InChI=1S/C23H24N2O5S2/c1-16-14-20(17(2)31-16)23(26)24-21-15-19(32(27,28)25-10-12-29-13-11-25)8-9-22(21)30-18-6-4-3-5-7-18/h3-9,14-15H,10-13H2,1-2H3,(H,24,26). The molecule has 1 amide bonds. The lowest BCUT2D eigenvalue weighted by Crippen LogP contribution is -2.40. The van der Waals surface area contributed by atoms with Crippen LogP contribution in [-0.4, -0.2) is 44.9 Å². The van der Waals surface area contributed by atoms with Gasteiger partial charge in [-0.25, -0.2) is 8.42 Å². The van der Waals surface area contributed by atoms with E-state index in [2.05, 4.69) is 5.32 Å². The molecule has 0 atom stereocenters. The number of hydrogen-bond donors (Lipinski definition) is 1. The Morgan fingerprint density at radius 1 is 1.06 bits per heavy atom. The van der Waals surface area contributed by atoms with Gasteiger partial charge in [0.15, 0.2) is 5.75 Å². The molecule has 0 bridgehead atoms. The number of carbonyl (C=O) groups is 1. The number of rotatable bonds is 6. The molecule has 2 heterocycles. The normalized spacial score (nSPS) is 14.8. The highest BCUT2D eigenvalue weighted by Gasteiger charge is 2.27. The Kier molecular flexibility index (Phi) is 6.61. The van der Waals surface area contributed by atoms with Crippen LogP contribution in [0.25, 0.3) is 0 Å². The van der Waals surface area contributed by atoms with Crippen LogP contribution in [0.5, 0.6) is 11.5 Å². The number of nitrogens with zero attached hydrogens (tertiary/aromatic N) is 1. The highest BCUT2D eigenvalue weighted by atomic mass is 32.2. The smallest absolute Gasteiger partial charge is 0.256 e. The molecule has 0 unspecified atom stereocenters. The van der Waals surface area contributed by atoms with Crippen molar-refractivity contribution in [1.29, 1.82) is 0 Å². The van der Waals surface area contributed by atoms with Gasteiger partial charge in [0.2, 0.25) is 10.0 Å². The van der Waals surface area contributed by atoms with Crippen molar-refractivity contribution in [2.75, 3.05) is 31.6 Å². The van der Waals surface area contributed by atoms with Gasteiger partial charge in [-0.3, -0.25) is 4.79 Å². The molecular formula is C23H24N2O5S2.